The van der Waals surface area contributed by atoms with E-state index in [1.807, 2.05) is 0 Å². The Labute approximate surface area is 247 Å². The van der Waals surface area contributed by atoms with E-state index in [0.717, 1.165) is 44.6 Å². The van der Waals surface area contributed by atoms with Crippen molar-refractivity contribution in [3.8, 4) is 5.75 Å². The van der Waals surface area contributed by atoms with E-state index in [4.69, 9.17) is 21.1 Å². The lowest BCUT2D eigenvalue weighted by molar-refractivity contribution is 0.150. The lowest BCUT2D eigenvalue weighted by Gasteiger charge is -2.19. The number of benzene rings is 2. The van der Waals surface area contributed by atoms with Crippen molar-refractivity contribution >= 4 is 44.8 Å². The molecule has 0 amide bonds. The van der Waals surface area contributed by atoms with Crippen LogP contribution in [0.25, 0.3) is 0 Å². The summed E-state index contributed by atoms with van der Waals surface area (Å²) in [6.07, 6.45) is 4.18. The molecule has 1 aromatic heterocycles. The number of anilines is 4. The smallest absolute Gasteiger partial charge is 0.245 e. The summed E-state index contributed by atoms with van der Waals surface area (Å²) in [4.78, 5) is 11.6. The number of nitrogens with zero attached hydrogens (tertiary/aromatic N) is 4. The van der Waals surface area contributed by atoms with Gasteiger partial charge in [-0.15, -0.1) is 0 Å². The molecule has 0 spiro atoms. The third-order valence-corrected chi connectivity index (χ3v) is 9.86. The van der Waals surface area contributed by atoms with Gasteiger partial charge >= 0.3 is 0 Å². The molecule has 12 heteroatoms. The zero-order chi connectivity index (χ0) is 29.0. The van der Waals surface area contributed by atoms with Crippen molar-refractivity contribution in [2.24, 2.45) is 5.92 Å². The van der Waals surface area contributed by atoms with Gasteiger partial charge in [0.1, 0.15) is 15.7 Å². The van der Waals surface area contributed by atoms with Crippen molar-refractivity contribution in [2.75, 3.05) is 64.2 Å². The Bertz CT molecular complexity index is 1490. The monoisotopic (exact) mass is 600 g/mol. The van der Waals surface area contributed by atoms with E-state index in [9.17, 15) is 8.42 Å². The minimum absolute atomic E-state index is 0.185. The summed E-state index contributed by atoms with van der Waals surface area (Å²) in [5.74, 6) is 1.62. The number of methoxy groups -OCH3 is 2. The summed E-state index contributed by atoms with van der Waals surface area (Å²) < 4.78 is 39.4. The van der Waals surface area contributed by atoms with E-state index in [1.165, 1.54) is 21.6 Å². The first kappa shape index (κ1) is 29.5. The van der Waals surface area contributed by atoms with Crippen LogP contribution in [0.5, 0.6) is 5.75 Å². The molecular formula is C29H37ClN6O4S. The molecule has 10 nitrogen and oxygen atoms in total. The first-order valence-electron chi connectivity index (χ1n) is 13.9. The van der Waals surface area contributed by atoms with Crippen LogP contribution >= 0.6 is 11.6 Å². The van der Waals surface area contributed by atoms with Gasteiger partial charge in [0.05, 0.1) is 31.3 Å². The summed E-state index contributed by atoms with van der Waals surface area (Å²) in [7, 11) is -0.314. The highest BCUT2D eigenvalue weighted by Gasteiger charge is 2.32. The van der Waals surface area contributed by atoms with Gasteiger partial charge in [-0.05, 0) is 60.6 Å². The van der Waals surface area contributed by atoms with Crippen molar-refractivity contribution in [2.45, 2.75) is 31.1 Å². The molecule has 2 N–H and O–H groups in total. The number of para-hydroxylation sites is 1. The normalized spacial score (nSPS) is 18.1. The van der Waals surface area contributed by atoms with Crippen molar-refractivity contribution in [3.63, 3.8) is 0 Å². The van der Waals surface area contributed by atoms with E-state index in [2.05, 4.69) is 44.6 Å². The number of fused-ring (bicyclic) bond motifs is 1. The number of ether oxygens (including phenoxy) is 2. The fourth-order valence-electron chi connectivity index (χ4n) is 5.32. The molecule has 2 aromatic carbocycles. The van der Waals surface area contributed by atoms with Crippen LogP contribution in [-0.2, 0) is 27.6 Å². The fraction of sp³-hybridized carbons (Fsp3) is 0.448. The quantitative estimate of drug-likeness (QED) is 0.342. The number of aromatic nitrogens is 2. The molecular weight excluding hydrogens is 564 g/mol. The lowest BCUT2D eigenvalue weighted by Crippen LogP contribution is -2.29. The summed E-state index contributed by atoms with van der Waals surface area (Å²) in [6, 6.07) is 11.0. The minimum Gasteiger partial charge on any atom is -0.495 e. The van der Waals surface area contributed by atoms with E-state index in [0.29, 0.717) is 48.8 Å². The Kier molecular flexibility index (Phi) is 9.30. The second-order valence-corrected chi connectivity index (χ2v) is 12.9. The molecule has 2 aliphatic heterocycles. The van der Waals surface area contributed by atoms with Crippen LogP contribution in [0.3, 0.4) is 0 Å². The Morgan fingerprint density at radius 3 is 2.51 bits per heavy atom. The Morgan fingerprint density at radius 2 is 1.80 bits per heavy atom. The molecule has 1 atom stereocenters. The Morgan fingerprint density at radius 1 is 1.05 bits per heavy atom. The Balaban J connectivity index is 1.38. The molecule has 3 heterocycles. The van der Waals surface area contributed by atoms with Crippen LogP contribution in [0.1, 0.15) is 24.5 Å². The molecule has 220 valence electrons. The maximum Gasteiger partial charge on any atom is 0.245 e. The first-order valence-corrected chi connectivity index (χ1v) is 15.7. The molecule has 3 aromatic rings. The average Bonchev–Trinajstić information content (AvgIpc) is 3.32. The van der Waals surface area contributed by atoms with Crippen molar-refractivity contribution in [1.29, 1.82) is 0 Å². The van der Waals surface area contributed by atoms with Gasteiger partial charge in [0.25, 0.3) is 0 Å². The summed E-state index contributed by atoms with van der Waals surface area (Å²) >= 11 is 6.47. The highest BCUT2D eigenvalue weighted by atomic mass is 35.5. The van der Waals surface area contributed by atoms with E-state index in [-0.39, 0.29) is 9.92 Å². The number of sulfonamides is 1. The zero-order valence-electron chi connectivity index (χ0n) is 23.7. The lowest BCUT2D eigenvalue weighted by atomic mass is 10.0. The van der Waals surface area contributed by atoms with Crippen LogP contribution in [0.2, 0.25) is 5.02 Å². The molecule has 0 unspecified atom stereocenters. The van der Waals surface area contributed by atoms with Crippen LogP contribution in [-0.4, -0.2) is 81.1 Å². The highest BCUT2D eigenvalue weighted by molar-refractivity contribution is 7.89. The minimum atomic E-state index is -3.68. The van der Waals surface area contributed by atoms with Gasteiger partial charge in [-0.1, -0.05) is 30.7 Å². The van der Waals surface area contributed by atoms with Gasteiger partial charge in [-0.3, -0.25) is 0 Å². The van der Waals surface area contributed by atoms with Crippen LogP contribution in [0.15, 0.2) is 47.5 Å². The van der Waals surface area contributed by atoms with Gasteiger partial charge in [-0.2, -0.15) is 9.29 Å². The van der Waals surface area contributed by atoms with Crippen molar-refractivity contribution < 1.29 is 17.9 Å². The number of halogens is 1. The van der Waals surface area contributed by atoms with Gasteiger partial charge < -0.3 is 25.0 Å². The number of hydrogen-bond donors (Lipinski definition) is 2. The predicted octanol–water partition coefficient (Wildman–Crippen LogP) is 4.70. The number of hydrogen-bond acceptors (Lipinski definition) is 9. The molecule has 0 saturated carbocycles. The molecule has 1 fully saturated rings. The first-order chi connectivity index (χ1) is 19.8. The second kappa shape index (κ2) is 12.9. The molecule has 0 bridgehead atoms. The third kappa shape index (κ3) is 6.76. The summed E-state index contributed by atoms with van der Waals surface area (Å²) in [6.45, 7) is 6.61. The van der Waals surface area contributed by atoms with Crippen LogP contribution in [0, 0.1) is 5.92 Å². The van der Waals surface area contributed by atoms with Gasteiger partial charge in [0.2, 0.25) is 16.0 Å². The largest absolute Gasteiger partial charge is 0.495 e. The molecule has 0 aliphatic carbocycles. The standard InChI is InChI=1S/C29H37ClN6O4S/c1-20-8-13-36(19-20)41(37,38)27-7-5-4-6-24(27)32-28-23(30)18-31-29(34-28)33-25-16-21-9-11-35(14-15-39-2)12-10-22(21)17-26(25)40-3/h4-7,16-18,20H,8-15,19H2,1-3H3,(H2,31,32,33,34)/t20-/m0/s1. The zero-order valence-corrected chi connectivity index (χ0v) is 25.3. The van der Waals surface area contributed by atoms with E-state index < -0.39 is 10.0 Å². The molecule has 2 aliphatic rings. The third-order valence-electron chi connectivity index (χ3n) is 7.66. The SMILES string of the molecule is COCCN1CCc2cc(Nc3ncc(Cl)c(Nc4ccccc4S(=O)(=O)N4CC[C@H](C)C4)n3)c(OC)cc2CC1. The van der Waals surface area contributed by atoms with Crippen molar-refractivity contribution in [1.82, 2.24) is 19.2 Å². The highest BCUT2D eigenvalue weighted by Crippen LogP contribution is 2.35. The number of rotatable bonds is 10. The van der Waals surface area contributed by atoms with Gasteiger partial charge in [0.15, 0.2) is 5.82 Å². The molecule has 0 radical (unpaired) electrons. The predicted molar refractivity (Wildman–Crippen MR) is 161 cm³/mol. The van der Waals surface area contributed by atoms with Gasteiger partial charge in [0, 0.05) is 39.8 Å². The number of nitrogens with one attached hydrogen (secondary N) is 2. The van der Waals surface area contributed by atoms with Crippen molar-refractivity contribution in [3.05, 3.63) is 58.7 Å². The fourth-order valence-corrected chi connectivity index (χ4v) is 7.18. The summed E-state index contributed by atoms with van der Waals surface area (Å²) in [5.41, 5.74) is 3.66. The Hall–Kier alpha value is -2.96. The maximum absolute atomic E-state index is 13.5. The maximum atomic E-state index is 13.5. The summed E-state index contributed by atoms with van der Waals surface area (Å²) in [5, 5.41) is 6.69. The second-order valence-electron chi connectivity index (χ2n) is 10.5. The average molecular weight is 601 g/mol. The molecule has 1 saturated heterocycles. The topological polar surface area (TPSA) is 109 Å². The van der Waals surface area contributed by atoms with E-state index in [1.54, 1.807) is 38.5 Å². The van der Waals surface area contributed by atoms with Crippen LogP contribution in [0.4, 0.5) is 23.1 Å². The molecule has 5 rings (SSSR count). The van der Waals surface area contributed by atoms with Gasteiger partial charge in [-0.25, -0.2) is 13.4 Å². The van der Waals surface area contributed by atoms with E-state index >= 15 is 0 Å². The van der Waals surface area contributed by atoms with Crippen LogP contribution < -0.4 is 15.4 Å². The molecule has 41 heavy (non-hydrogen) atoms.